The lowest BCUT2D eigenvalue weighted by atomic mass is 9.77. The molecule has 0 spiro atoms. The van der Waals surface area contributed by atoms with E-state index in [4.69, 9.17) is 11.5 Å². The average molecular weight is 224 g/mol. The minimum atomic E-state index is -0.346. The van der Waals surface area contributed by atoms with Gasteiger partial charge in [0.2, 0.25) is 0 Å². The molecule has 0 bridgehead atoms. The van der Waals surface area contributed by atoms with E-state index in [1.54, 1.807) is 0 Å². The number of hydrogen-bond acceptors (Lipinski definition) is 2. The highest BCUT2D eigenvalue weighted by atomic mass is 15.0. The second-order valence-corrected chi connectivity index (χ2v) is 6.26. The molecule has 0 radical (unpaired) electrons. The van der Waals surface area contributed by atoms with Gasteiger partial charge in [0.1, 0.15) is 0 Å². The summed E-state index contributed by atoms with van der Waals surface area (Å²) in [5.74, 6) is 1.96. The summed E-state index contributed by atoms with van der Waals surface area (Å²) in [7, 11) is 0. The lowest BCUT2D eigenvalue weighted by molar-refractivity contribution is 0.213. The van der Waals surface area contributed by atoms with Gasteiger partial charge in [0.05, 0.1) is 5.66 Å². The van der Waals surface area contributed by atoms with Crippen molar-refractivity contribution in [2.75, 3.05) is 0 Å². The maximum Gasteiger partial charge on any atom is 0.0636 e. The first-order valence-electron chi connectivity index (χ1n) is 7.23. The van der Waals surface area contributed by atoms with Crippen molar-refractivity contribution in [3.05, 3.63) is 0 Å². The highest BCUT2D eigenvalue weighted by Gasteiger charge is 2.28. The summed E-state index contributed by atoms with van der Waals surface area (Å²) < 4.78 is 0. The summed E-state index contributed by atoms with van der Waals surface area (Å²) in [5.41, 5.74) is 11.6. The molecule has 0 aromatic rings. The first-order valence-corrected chi connectivity index (χ1v) is 7.23. The zero-order chi connectivity index (χ0) is 11.4. The van der Waals surface area contributed by atoms with Gasteiger partial charge in [-0.1, -0.05) is 44.9 Å². The highest BCUT2D eigenvalue weighted by Crippen LogP contribution is 2.34. The summed E-state index contributed by atoms with van der Waals surface area (Å²) in [4.78, 5) is 0. The van der Waals surface area contributed by atoms with Crippen LogP contribution in [-0.4, -0.2) is 5.66 Å². The fourth-order valence-electron chi connectivity index (χ4n) is 3.45. The van der Waals surface area contributed by atoms with Gasteiger partial charge >= 0.3 is 0 Å². The van der Waals surface area contributed by atoms with Crippen LogP contribution in [0.5, 0.6) is 0 Å². The molecule has 2 nitrogen and oxygen atoms in total. The fourth-order valence-corrected chi connectivity index (χ4v) is 3.45. The summed E-state index contributed by atoms with van der Waals surface area (Å²) in [6.45, 7) is 0. The maximum absolute atomic E-state index is 5.96. The lowest BCUT2D eigenvalue weighted by Gasteiger charge is -2.34. The van der Waals surface area contributed by atoms with Crippen LogP contribution in [0.4, 0.5) is 0 Å². The molecule has 0 amide bonds. The predicted molar refractivity (Wildman–Crippen MR) is 68.9 cm³/mol. The van der Waals surface area contributed by atoms with Crippen molar-refractivity contribution < 1.29 is 0 Å². The Bertz CT molecular complexity index is 197. The van der Waals surface area contributed by atoms with Gasteiger partial charge in [-0.05, 0) is 37.5 Å². The number of nitrogens with two attached hydrogens (primary N) is 2. The topological polar surface area (TPSA) is 52.0 Å². The van der Waals surface area contributed by atoms with Crippen LogP contribution < -0.4 is 11.5 Å². The zero-order valence-electron chi connectivity index (χ0n) is 10.6. The van der Waals surface area contributed by atoms with E-state index >= 15 is 0 Å². The molecule has 2 aliphatic rings. The largest absolute Gasteiger partial charge is 0.313 e. The molecule has 2 fully saturated rings. The molecule has 0 unspecified atom stereocenters. The second-order valence-electron chi connectivity index (χ2n) is 6.26. The van der Waals surface area contributed by atoms with E-state index in [1.165, 1.54) is 57.8 Å². The van der Waals surface area contributed by atoms with Crippen molar-refractivity contribution in [2.45, 2.75) is 76.3 Å². The first-order chi connectivity index (χ1) is 7.66. The standard InChI is InChI=1S/C14H28N2/c15-14(16)10-8-13(9-11-14)7-6-12-4-2-1-3-5-12/h12-13H,1-11,15-16H2. The van der Waals surface area contributed by atoms with E-state index in [0.29, 0.717) is 0 Å². The average Bonchev–Trinajstić information content (AvgIpc) is 2.29. The Balaban J connectivity index is 1.63. The van der Waals surface area contributed by atoms with Crippen LogP contribution >= 0.6 is 0 Å². The molecule has 0 aromatic carbocycles. The third-order valence-corrected chi connectivity index (χ3v) is 4.74. The first kappa shape index (κ1) is 12.4. The Morgan fingerprint density at radius 2 is 1.25 bits per heavy atom. The number of hydrogen-bond donors (Lipinski definition) is 2. The minimum absolute atomic E-state index is 0.346. The quantitative estimate of drug-likeness (QED) is 0.724. The van der Waals surface area contributed by atoms with Gasteiger partial charge < -0.3 is 11.5 Å². The van der Waals surface area contributed by atoms with Crippen LogP contribution in [0.2, 0.25) is 0 Å². The predicted octanol–water partition coefficient (Wildman–Crippen LogP) is 3.15. The fraction of sp³-hybridized carbons (Fsp3) is 1.00. The minimum Gasteiger partial charge on any atom is -0.313 e. The molecule has 0 atom stereocenters. The molecule has 0 aromatic heterocycles. The molecule has 0 saturated heterocycles. The monoisotopic (exact) mass is 224 g/mol. The van der Waals surface area contributed by atoms with Gasteiger partial charge in [-0.3, -0.25) is 0 Å². The normalized spacial score (nSPS) is 28.1. The third-order valence-electron chi connectivity index (χ3n) is 4.74. The SMILES string of the molecule is NC1(N)CCC(CCC2CCCCC2)CC1. The van der Waals surface area contributed by atoms with Crippen molar-refractivity contribution in [1.82, 2.24) is 0 Å². The molecule has 2 aliphatic carbocycles. The van der Waals surface area contributed by atoms with E-state index in [0.717, 1.165) is 24.7 Å². The summed E-state index contributed by atoms with van der Waals surface area (Å²) in [6, 6.07) is 0. The molecule has 0 aliphatic heterocycles. The molecule has 2 saturated carbocycles. The second kappa shape index (κ2) is 5.50. The highest BCUT2D eigenvalue weighted by molar-refractivity contribution is 4.84. The van der Waals surface area contributed by atoms with Crippen molar-refractivity contribution >= 4 is 0 Å². The van der Waals surface area contributed by atoms with Crippen LogP contribution in [0.15, 0.2) is 0 Å². The van der Waals surface area contributed by atoms with Gasteiger partial charge in [-0.25, -0.2) is 0 Å². The van der Waals surface area contributed by atoms with Gasteiger partial charge in [0.15, 0.2) is 0 Å². The molecule has 94 valence electrons. The summed E-state index contributed by atoms with van der Waals surface area (Å²) in [6.07, 6.45) is 14.9. The van der Waals surface area contributed by atoms with Gasteiger partial charge in [-0.15, -0.1) is 0 Å². The Kier molecular flexibility index (Phi) is 4.26. The lowest BCUT2D eigenvalue weighted by Crippen LogP contribution is -2.51. The van der Waals surface area contributed by atoms with Crippen molar-refractivity contribution in [3.8, 4) is 0 Å². The third kappa shape index (κ3) is 3.74. The molecule has 16 heavy (non-hydrogen) atoms. The maximum atomic E-state index is 5.96. The molecule has 2 rings (SSSR count). The van der Waals surface area contributed by atoms with Crippen molar-refractivity contribution in [3.63, 3.8) is 0 Å². The Morgan fingerprint density at radius 1 is 0.750 bits per heavy atom. The molecule has 4 N–H and O–H groups in total. The molecule has 0 heterocycles. The van der Waals surface area contributed by atoms with Crippen LogP contribution in [0.1, 0.15) is 70.6 Å². The Labute approximate surface area is 100 Å². The van der Waals surface area contributed by atoms with Crippen LogP contribution in [0.25, 0.3) is 0 Å². The Morgan fingerprint density at radius 3 is 1.81 bits per heavy atom. The van der Waals surface area contributed by atoms with E-state index in [9.17, 15) is 0 Å². The van der Waals surface area contributed by atoms with E-state index in [-0.39, 0.29) is 5.66 Å². The summed E-state index contributed by atoms with van der Waals surface area (Å²) >= 11 is 0. The number of rotatable bonds is 3. The summed E-state index contributed by atoms with van der Waals surface area (Å²) in [5, 5.41) is 0. The van der Waals surface area contributed by atoms with E-state index in [2.05, 4.69) is 0 Å². The van der Waals surface area contributed by atoms with Crippen molar-refractivity contribution in [2.24, 2.45) is 23.3 Å². The van der Waals surface area contributed by atoms with Gasteiger partial charge in [-0.2, -0.15) is 0 Å². The molecular formula is C14H28N2. The van der Waals surface area contributed by atoms with E-state index in [1.807, 2.05) is 0 Å². The molecular weight excluding hydrogens is 196 g/mol. The Hall–Kier alpha value is -0.0800. The van der Waals surface area contributed by atoms with Gasteiger partial charge in [0.25, 0.3) is 0 Å². The van der Waals surface area contributed by atoms with Crippen LogP contribution in [-0.2, 0) is 0 Å². The van der Waals surface area contributed by atoms with Gasteiger partial charge in [0, 0.05) is 0 Å². The molecule has 2 heteroatoms. The zero-order valence-corrected chi connectivity index (χ0v) is 10.6. The van der Waals surface area contributed by atoms with Crippen LogP contribution in [0.3, 0.4) is 0 Å². The van der Waals surface area contributed by atoms with E-state index < -0.39 is 0 Å². The smallest absolute Gasteiger partial charge is 0.0636 e. The van der Waals surface area contributed by atoms with Crippen LogP contribution in [0, 0.1) is 11.8 Å². The van der Waals surface area contributed by atoms with Crippen molar-refractivity contribution in [1.29, 1.82) is 0 Å².